The summed E-state index contributed by atoms with van der Waals surface area (Å²) in [6, 6.07) is 5.55. The molecule has 1 aromatic rings. The van der Waals surface area contributed by atoms with Crippen molar-refractivity contribution < 1.29 is 4.92 Å². The summed E-state index contributed by atoms with van der Waals surface area (Å²) in [6.07, 6.45) is 2.22. The number of rotatable bonds is 5. The summed E-state index contributed by atoms with van der Waals surface area (Å²) in [5.41, 5.74) is 1.58. The fraction of sp³-hybridized carbons (Fsp3) is 0.625. The van der Waals surface area contributed by atoms with Gasteiger partial charge in [0.15, 0.2) is 0 Å². The smallest absolute Gasteiger partial charge is 0.315 e. The number of hydrogen-bond donors (Lipinski definition) is 1. The molecule has 0 amide bonds. The van der Waals surface area contributed by atoms with Crippen LogP contribution in [0.25, 0.3) is 0 Å². The summed E-state index contributed by atoms with van der Waals surface area (Å²) in [6.45, 7) is 8.95. The van der Waals surface area contributed by atoms with Crippen LogP contribution in [0.2, 0.25) is 0 Å². The fourth-order valence-electron chi connectivity index (χ4n) is 3.12. The molecule has 5 nitrogen and oxygen atoms in total. The molecule has 1 fully saturated rings. The van der Waals surface area contributed by atoms with Crippen LogP contribution in [0, 0.1) is 22.0 Å². The van der Waals surface area contributed by atoms with Crippen molar-refractivity contribution in [1.29, 1.82) is 0 Å². The van der Waals surface area contributed by atoms with E-state index in [4.69, 9.17) is 0 Å². The molecule has 2 rings (SSSR count). The third kappa shape index (κ3) is 3.46. The minimum atomic E-state index is -0.262. The molecule has 0 aromatic heterocycles. The molecule has 21 heavy (non-hydrogen) atoms. The van der Waals surface area contributed by atoms with E-state index in [0.29, 0.717) is 18.2 Å². The predicted molar refractivity (Wildman–Crippen MR) is 87.0 cm³/mol. The largest absolute Gasteiger partial charge is 0.380 e. The Labute approximate surface area is 126 Å². The first-order valence-electron chi connectivity index (χ1n) is 7.80. The summed E-state index contributed by atoms with van der Waals surface area (Å²) in [5.74, 6) is 1.42. The molecule has 0 saturated carbocycles. The van der Waals surface area contributed by atoms with Gasteiger partial charge in [0.05, 0.1) is 4.92 Å². The topological polar surface area (TPSA) is 58.4 Å². The Morgan fingerprint density at radius 3 is 2.57 bits per heavy atom. The van der Waals surface area contributed by atoms with Crippen LogP contribution in [-0.2, 0) is 0 Å². The Bertz CT molecular complexity index is 494. The molecule has 116 valence electrons. The number of nitro groups is 1. The Balaban J connectivity index is 2.24. The van der Waals surface area contributed by atoms with Gasteiger partial charge in [-0.25, -0.2) is 0 Å². The molecule has 1 saturated heterocycles. The number of nitrogens with one attached hydrogen (secondary N) is 1. The van der Waals surface area contributed by atoms with Crippen molar-refractivity contribution >= 4 is 17.1 Å². The number of para-hydroxylation sites is 1. The first kappa shape index (κ1) is 15.6. The number of nitrogens with zero attached hydrogens (tertiary/aromatic N) is 2. The lowest BCUT2D eigenvalue weighted by Crippen LogP contribution is -2.35. The Hall–Kier alpha value is -1.78. The lowest BCUT2D eigenvalue weighted by molar-refractivity contribution is -0.383. The number of anilines is 2. The highest BCUT2D eigenvalue weighted by molar-refractivity contribution is 5.77. The van der Waals surface area contributed by atoms with Crippen molar-refractivity contribution in [3.63, 3.8) is 0 Å². The van der Waals surface area contributed by atoms with Gasteiger partial charge in [-0.15, -0.1) is 0 Å². The molecular formula is C16H25N3O2. The van der Waals surface area contributed by atoms with Crippen LogP contribution >= 0.6 is 0 Å². The molecule has 0 spiro atoms. The van der Waals surface area contributed by atoms with Crippen molar-refractivity contribution in [1.82, 2.24) is 0 Å². The van der Waals surface area contributed by atoms with Gasteiger partial charge in [-0.2, -0.15) is 0 Å². The van der Waals surface area contributed by atoms with E-state index in [-0.39, 0.29) is 10.6 Å². The maximum Gasteiger partial charge on any atom is 0.315 e. The number of nitro benzene ring substituents is 1. The van der Waals surface area contributed by atoms with E-state index in [9.17, 15) is 10.1 Å². The van der Waals surface area contributed by atoms with Gasteiger partial charge in [0.25, 0.3) is 0 Å². The molecule has 0 bridgehead atoms. The molecule has 0 unspecified atom stereocenters. The second-order valence-corrected chi connectivity index (χ2v) is 6.03. The SMILES string of the molecule is CCNc1cccc(N2CCC(C(C)C)CC2)c1[N+](=O)[O-]. The van der Waals surface area contributed by atoms with Gasteiger partial charge in [-0.1, -0.05) is 19.9 Å². The molecule has 1 aromatic carbocycles. The zero-order valence-electron chi connectivity index (χ0n) is 13.1. The monoisotopic (exact) mass is 291 g/mol. The van der Waals surface area contributed by atoms with E-state index in [1.54, 1.807) is 6.07 Å². The Morgan fingerprint density at radius 1 is 1.38 bits per heavy atom. The van der Waals surface area contributed by atoms with Gasteiger partial charge in [-0.05, 0) is 43.7 Å². The summed E-state index contributed by atoms with van der Waals surface area (Å²) >= 11 is 0. The summed E-state index contributed by atoms with van der Waals surface area (Å²) in [5, 5.41) is 14.6. The van der Waals surface area contributed by atoms with Crippen LogP contribution in [0.3, 0.4) is 0 Å². The quantitative estimate of drug-likeness (QED) is 0.660. The first-order valence-corrected chi connectivity index (χ1v) is 7.80. The second-order valence-electron chi connectivity index (χ2n) is 6.03. The van der Waals surface area contributed by atoms with Gasteiger partial charge in [0.1, 0.15) is 11.4 Å². The molecule has 0 aliphatic carbocycles. The average molecular weight is 291 g/mol. The van der Waals surface area contributed by atoms with Crippen LogP contribution in [-0.4, -0.2) is 24.6 Å². The molecule has 1 N–H and O–H groups in total. The van der Waals surface area contributed by atoms with Crippen LogP contribution in [0.1, 0.15) is 33.6 Å². The zero-order valence-corrected chi connectivity index (χ0v) is 13.1. The molecular weight excluding hydrogens is 266 g/mol. The zero-order chi connectivity index (χ0) is 15.4. The number of piperidine rings is 1. The lowest BCUT2D eigenvalue weighted by Gasteiger charge is -2.35. The third-order valence-electron chi connectivity index (χ3n) is 4.39. The standard InChI is InChI=1S/C16H25N3O2/c1-4-17-14-6-5-7-15(16(14)19(20)21)18-10-8-13(9-11-18)12(2)3/h5-7,12-13,17H,4,8-11H2,1-3H3. The van der Waals surface area contributed by atoms with Gasteiger partial charge >= 0.3 is 5.69 Å². The molecule has 1 aliphatic heterocycles. The van der Waals surface area contributed by atoms with Crippen LogP contribution in [0.4, 0.5) is 17.1 Å². The van der Waals surface area contributed by atoms with Crippen LogP contribution < -0.4 is 10.2 Å². The van der Waals surface area contributed by atoms with E-state index >= 15 is 0 Å². The molecule has 1 heterocycles. The van der Waals surface area contributed by atoms with E-state index in [0.717, 1.165) is 37.5 Å². The minimum Gasteiger partial charge on any atom is -0.380 e. The Kier molecular flexibility index (Phi) is 5.04. The molecule has 5 heteroatoms. The maximum atomic E-state index is 11.5. The van der Waals surface area contributed by atoms with Crippen LogP contribution in [0.5, 0.6) is 0 Å². The normalized spacial score (nSPS) is 16.3. The van der Waals surface area contributed by atoms with Crippen molar-refractivity contribution in [2.45, 2.75) is 33.6 Å². The summed E-state index contributed by atoms with van der Waals surface area (Å²) < 4.78 is 0. The predicted octanol–water partition coefficient (Wildman–Crippen LogP) is 3.90. The maximum absolute atomic E-state index is 11.5. The number of benzene rings is 1. The molecule has 1 aliphatic rings. The van der Waals surface area contributed by atoms with Gasteiger partial charge in [0, 0.05) is 19.6 Å². The highest BCUT2D eigenvalue weighted by Gasteiger charge is 2.27. The minimum absolute atomic E-state index is 0.211. The van der Waals surface area contributed by atoms with E-state index < -0.39 is 0 Å². The highest BCUT2D eigenvalue weighted by atomic mass is 16.6. The first-order chi connectivity index (χ1) is 10.0. The van der Waals surface area contributed by atoms with Crippen molar-refractivity contribution in [3.8, 4) is 0 Å². The summed E-state index contributed by atoms with van der Waals surface area (Å²) in [4.78, 5) is 13.4. The van der Waals surface area contributed by atoms with Gasteiger partial charge < -0.3 is 10.2 Å². The second kappa shape index (κ2) is 6.78. The van der Waals surface area contributed by atoms with Crippen LogP contribution in [0.15, 0.2) is 18.2 Å². The van der Waals surface area contributed by atoms with Gasteiger partial charge in [-0.3, -0.25) is 10.1 Å². The van der Waals surface area contributed by atoms with Crippen molar-refractivity contribution in [2.24, 2.45) is 11.8 Å². The highest BCUT2D eigenvalue weighted by Crippen LogP contribution is 2.37. The fourth-order valence-corrected chi connectivity index (χ4v) is 3.12. The van der Waals surface area contributed by atoms with Crippen molar-refractivity contribution in [3.05, 3.63) is 28.3 Å². The van der Waals surface area contributed by atoms with E-state index in [1.165, 1.54) is 0 Å². The average Bonchev–Trinajstić information content (AvgIpc) is 2.47. The summed E-state index contributed by atoms with van der Waals surface area (Å²) in [7, 11) is 0. The third-order valence-corrected chi connectivity index (χ3v) is 4.39. The lowest BCUT2D eigenvalue weighted by atomic mass is 9.86. The van der Waals surface area contributed by atoms with Crippen molar-refractivity contribution in [2.75, 3.05) is 29.9 Å². The Morgan fingerprint density at radius 2 is 2.05 bits per heavy atom. The molecule has 0 atom stereocenters. The van der Waals surface area contributed by atoms with Gasteiger partial charge in [0.2, 0.25) is 0 Å². The van der Waals surface area contributed by atoms with E-state index in [2.05, 4.69) is 24.1 Å². The molecule has 0 radical (unpaired) electrons. The number of hydrogen-bond acceptors (Lipinski definition) is 4. The van der Waals surface area contributed by atoms with E-state index in [1.807, 2.05) is 19.1 Å².